The molecule has 0 saturated carbocycles. The molecule has 3 atom stereocenters. The molecule has 1 aromatic rings. The molecule has 8 heteroatoms. The van der Waals surface area contributed by atoms with E-state index < -0.39 is 0 Å². The Morgan fingerprint density at radius 3 is 3.04 bits per heavy atom. The number of piperidine rings is 2. The van der Waals surface area contributed by atoms with Gasteiger partial charge in [0.1, 0.15) is 5.82 Å². The summed E-state index contributed by atoms with van der Waals surface area (Å²) in [4.78, 5) is 23.2. The van der Waals surface area contributed by atoms with Crippen molar-refractivity contribution in [1.82, 2.24) is 30.7 Å². The quantitative estimate of drug-likeness (QED) is 0.518. The highest BCUT2D eigenvalue weighted by molar-refractivity contribution is 5.75. The number of fused-ring (bicyclic) bond motifs is 2. The van der Waals surface area contributed by atoms with Gasteiger partial charge in [0.15, 0.2) is 0 Å². The molecule has 8 nitrogen and oxygen atoms in total. The molecule has 134 valence electrons. The van der Waals surface area contributed by atoms with Gasteiger partial charge in [0.05, 0.1) is 0 Å². The first kappa shape index (κ1) is 17.2. The molecule has 2 saturated heterocycles. The Morgan fingerprint density at radius 1 is 1.38 bits per heavy atom. The maximum atomic E-state index is 11.9. The number of carbonyl (C=O) groups excluding carboxylic acids is 1. The molecule has 2 aliphatic heterocycles. The Morgan fingerprint density at radius 2 is 2.25 bits per heavy atom. The van der Waals surface area contributed by atoms with Crippen LogP contribution in [0.15, 0.2) is 4.79 Å². The van der Waals surface area contributed by atoms with Crippen LogP contribution in [0.2, 0.25) is 0 Å². The van der Waals surface area contributed by atoms with Gasteiger partial charge in [-0.3, -0.25) is 9.36 Å². The smallest absolute Gasteiger partial charge is 0.343 e. The lowest BCUT2D eigenvalue weighted by Crippen LogP contribution is -2.54. The fourth-order valence-corrected chi connectivity index (χ4v) is 3.84. The second-order valence-corrected chi connectivity index (χ2v) is 7.03. The summed E-state index contributed by atoms with van der Waals surface area (Å²) in [6.07, 6.45) is 4.40. The average molecular weight is 336 g/mol. The zero-order valence-electron chi connectivity index (χ0n) is 14.3. The number of amides is 1. The van der Waals surface area contributed by atoms with Gasteiger partial charge < -0.3 is 16.0 Å². The van der Waals surface area contributed by atoms with Crippen LogP contribution in [-0.4, -0.2) is 52.9 Å². The predicted molar refractivity (Wildman–Crippen MR) is 90.7 cm³/mol. The van der Waals surface area contributed by atoms with Crippen LogP contribution in [-0.2, 0) is 18.3 Å². The maximum Gasteiger partial charge on any atom is 0.343 e. The first-order valence-corrected chi connectivity index (χ1v) is 8.94. The molecule has 2 bridgehead atoms. The van der Waals surface area contributed by atoms with Gasteiger partial charge in [0, 0.05) is 32.5 Å². The highest BCUT2D eigenvalue weighted by atomic mass is 16.2. The highest BCUT2D eigenvalue weighted by Crippen LogP contribution is 2.26. The van der Waals surface area contributed by atoms with Crippen LogP contribution >= 0.6 is 0 Å². The zero-order valence-corrected chi connectivity index (χ0v) is 14.3. The number of hydrogen-bond donors (Lipinski definition) is 4. The van der Waals surface area contributed by atoms with Crippen LogP contribution in [0.3, 0.4) is 0 Å². The van der Waals surface area contributed by atoms with Crippen molar-refractivity contribution >= 4 is 5.91 Å². The van der Waals surface area contributed by atoms with Gasteiger partial charge >= 0.3 is 5.69 Å². The van der Waals surface area contributed by atoms with Crippen molar-refractivity contribution in [3.8, 4) is 0 Å². The SMILES string of the molecule is Cn1c(CCNC(=O)CCC[C@@H]2NC[C@@H]3CNC[C@H]2C3)n[nH]c1=O. The summed E-state index contributed by atoms with van der Waals surface area (Å²) in [5, 5.41) is 16.4. The third kappa shape index (κ3) is 4.24. The zero-order chi connectivity index (χ0) is 16.9. The second-order valence-electron chi connectivity index (χ2n) is 7.03. The van der Waals surface area contributed by atoms with E-state index in [-0.39, 0.29) is 11.6 Å². The first-order chi connectivity index (χ1) is 11.6. The molecular weight excluding hydrogens is 308 g/mol. The van der Waals surface area contributed by atoms with Gasteiger partial charge in [-0.2, -0.15) is 5.10 Å². The lowest BCUT2D eigenvalue weighted by Gasteiger charge is -2.41. The standard InChI is InChI=1S/C16H28N6O2/c1-22-14(20-21-16(22)24)5-6-18-15(23)4-2-3-13-12-7-11(9-19-13)8-17-10-12/h11-13,17,19H,2-10H2,1H3,(H,18,23)(H,21,24)/t11-,12+,13-/m0/s1. The number of aromatic nitrogens is 3. The molecule has 3 heterocycles. The number of H-pyrrole nitrogens is 1. The fraction of sp³-hybridized carbons (Fsp3) is 0.812. The van der Waals surface area contributed by atoms with Gasteiger partial charge in [-0.1, -0.05) is 0 Å². The van der Waals surface area contributed by atoms with Crippen LogP contribution in [0, 0.1) is 11.8 Å². The number of nitrogens with zero attached hydrogens (tertiary/aromatic N) is 2. The van der Waals surface area contributed by atoms with Gasteiger partial charge in [-0.15, -0.1) is 0 Å². The molecular formula is C16H28N6O2. The molecule has 3 rings (SSSR count). The van der Waals surface area contributed by atoms with Crippen molar-refractivity contribution in [2.24, 2.45) is 18.9 Å². The Bertz CT molecular complexity index is 610. The Balaban J connectivity index is 1.31. The van der Waals surface area contributed by atoms with Gasteiger partial charge in [-0.05, 0) is 50.7 Å². The molecule has 0 spiro atoms. The Labute approximate surface area is 141 Å². The summed E-state index contributed by atoms with van der Waals surface area (Å²) in [5.41, 5.74) is -0.226. The topological polar surface area (TPSA) is 104 Å². The van der Waals surface area contributed by atoms with Crippen molar-refractivity contribution in [3.63, 3.8) is 0 Å². The lowest BCUT2D eigenvalue weighted by molar-refractivity contribution is -0.121. The van der Waals surface area contributed by atoms with Crippen LogP contribution < -0.4 is 21.6 Å². The van der Waals surface area contributed by atoms with E-state index in [0.717, 1.165) is 38.4 Å². The number of aromatic amines is 1. The van der Waals surface area contributed by atoms with Gasteiger partial charge in [-0.25, -0.2) is 9.89 Å². The predicted octanol–water partition coefficient (Wildman–Crippen LogP) is -0.865. The normalized spacial score (nSPS) is 26.3. The van der Waals surface area contributed by atoms with E-state index in [1.807, 2.05) is 0 Å². The second kappa shape index (κ2) is 7.94. The third-order valence-corrected chi connectivity index (χ3v) is 5.28. The Kier molecular flexibility index (Phi) is 5.68. The van der Waals surface area contributed by atoms with E-state index in [1.54, 1.807) is 7.05 Å². The van der Waals surface area contributed by atoms with Crippen LogP contribution in [0.25, 0.3) is 0 Å². The summed E-state index contributed by atoms with van der Waals surface area (Å²) >= 11 is 0. The van der Waals surface area contributed by atoms with E-state index in [9.17, 15) is 9.59 Å². The maximum absolute atomic E-state index is 11.9. The molecule has 0 radical (unpaired) electrons. The largest absolute Gasteiger partial charge is 0.356 e. The molecule has 0 aliphatic carbocycles. The summed E-state index contributed by atoms with van der Waals surface area (Å²) in [6.45, 7) is 3.85. The average Bonchev–Trinajstić information content (AvgIpc) is 2.89. The molecule has 1 amide bonds. The molecule has 0 unspecified atom stereocenters. The number of carbonyl (C=O) groups is 1. The van der Waals surface area contributed by atoms with Crippen molar-refractivity contribution in [3.05, 3.63) is 16.3 Å². The molecule has 2 fully saturated rings. The monoisotopic (exact) mass is 336 g/mol. The summed E-state index contributed by atoms with van der Waals surface area (Å²) in [6, 6.07) is 0.542. The van der Waals surface area contributed by atoms with Gasteiger partial charge in [0.25, 0.3) is 0 Å². The van der Waals surface area contributed by atoms with E-state index in [1.165, 1.54) is 11.0 Å². The van der Waals surface area contributed by atoms with Crippen molar-refractivity contribution < 1.29 is 4.79 Å². The molecule has 0 aromatic carbocycles. The number of nitrogens with one attached hydrogen (secondary N) is 4. The van der Waals surface area contributed by atoms with E-state index in [0.29, 0.717) is 37.2 Å². The van der Waals surface area contributed by atoms with E-state index >= 15 is 0 Å². The van der Waals surface area contributed by atoms with Crippen LogP contribution in [0.1, 0.15) is 31.5 Å². The number of rotatable bonds is 7. The van der Waals surface area contributed by atoms with Crippen molar-refractivity contribution in [1.29, 1.82) is 0 Å². The summed E-state index contributed by atoms with van der Waals surface area (Å²) in [5.74, 6) is 2.22. The molecule has 2 aliphatic rings. The minimum atomic E-state index is -0.226. The Hall–Kier alpha value is -1.67. The first-order valence-electron chi connectivity index (χ1n) is 8.94. The summed E-state index contributed by atoms with van der Waals surface area (Å²) in [7, 11) is 1.67. The minimum Gasteiger partial charge on any atom is -0.356 e. The van der Waals surface area contributed by atoms with Crippen LogP contribution in [0.4, 0.5) is 0 Å². The summed E-state index contributed by atoms with van der Waals surface area (Å²) < 4.78 is 1.46. The number of hydrogen-bond acceptors (Lipinski definition) is 5. The minimum absolute atomic E-state index is 0.0750. The van der Waals surface area contributed by atoms with Gasteiger partial charge in [0.2, 0.25) is 5.91 Å². The van der Waals surface area contributed by atoms with Crippen LogP contribution in [0.5, 0.6) is 0 Å². The van der Waals surface area contributed by atoms with E-state index in [4.69, 9.17) is 0 Å². The fourth-order valence-electron chi connectivity index (χ4n) is 3.84. The third-order valence-electron chi connectivity index (χ3n) is 5.28. The molecule has 24 heavy (non-hydrogen) atoms. The van der Waals surface area contributed by atoms with Crippen molar-refractivity contribution in [2.45, 2.75) is 38.1 Å². The molecule has 4 N–H and O–H groups in total. The highest BCUT2D eigenvalue weighted by Gasteiger charge is 2.32. The van der Waals surface area contributed by atoms with Crippen molar-refractivity contribution in [2.75, 3.05) is 26.2 Å². The molecule has 1 aromatic heterocycles. The van der Waals surface area contributed by atoms with E-state index in [2.05, 4.69) is 26.1 Å². The lowest BCUT2D eigenvalue weighted by atomic mass is 9.80.